The number of hydrogen-bond donors (Lipinski definition) is 0. The standard InChI is InChI=1S/C30H58O8SSi2/c1-18-22(38-41(14,15)28(5,6)7)19(37-40(12,13)27(2,3)4)16-21(31-18)39-17-20-23-24(34-29(8,9)33-23)25-26(32-20)36-30(10,11)35-25/h18-26H,16-17H2,1-15H3/t18-,19?,20?,21-,22-,23-,24?,25?,26+/m0/s1. The van der Waals surface area contributed by atoms with Crippen LogP contribution in [-0.4, -0.2) is 88.4 Å². The molecule has 41 heavy (non-hydrogen) atoms. The van der Waals surface area contributed by atoms with Crippen molar-refractivity contribution in [2.75, 3.05) is 5.75 Å². The van der Waals surface area contributed by atoms with E-state index in [1.165, 1.54) is 0 Å². The van der Waals surface area contributed by atoms with Crippen LogP contribution in [0.5, 0.6) is 0 Å². The summed E-state index contributed by atoms with van der Waals surface area (Å²) in [4.78, 5) is 0. The molecule has 9 atom stereocenters. The van der Waals surface area contributed by atoms with E-state index in [9.17, 15) is 0 Å². The smallest absolute Gasteiger partial charge is 0.192 e. The molecule has 0 aromatic rings. The quantitative estimate of drug-likeness (QED) is 0.274. The molecule has 0 aromatic carbocycles. The lowest BCUT2D eigenvalue weighted by molar-refractivity contribution is -0.228. The van der Waals surface area contributed by atoms with Crippen molar-refractivity contribution in [2.24, 2.45) is 0 Å². The van der Waals surface area contributed by atoms with E-state index in [1.54, 1.807) is 11.8 Å². The summed E-state index contributed by atoms with van der Waals surface area (Å²) >= 11 is 1.77. The van der Waals surface area contributed by atoms with Gasteiger partial charge in [0.1, 0.15) is 23.7 Å². The SMILES string of the molecule is C[C@@H]1O[C@@H](SCC2O[C@@H]3OC(C)(C)OC3C3OC(C)(C)O[C@@H]23)CC(O[Si](C)(C)C(C)(C)C)[C@H]1O[Si](C)(C)C(C)(C)C. The molecule has 4 rings (SSSR count). The van der Waals surface area contributed by atoms with Gasteiger partial charge in [-0.15, -0.1) is 11.8 Å². The number of hydrogen-bond acceptors (Lipinski definition) is 9. The zero-order chi connectivity index (χ0) is 31.0. The minimum atomic E-state index is -2.05. The summed E-state index contributed by atoms with van der Waals surface area (Å²) < 4.78 is 52.2. The Balaban J connectivity index is 1.49. The monoisotopic (exact) mass is 634 g/mol. The second-order valence-corrected chi connectivity index (χ2v) is 27.0. The van der Waals surface area contributed by atoms with Crippen molar-refractivity contribution >= 4 is 28.4 Å². The number of rotatable bonds is 7. The van der Waals surface area contributed by atoms with Gasteiger partial charge in [-0.2, -0.15) is 0 Å². The summed E-state index contributed by atoms with van der Waals surface area (Å²) in [6, 6.07) is 0. The molecule has 240 valence electrons. The first-order chi connectivity index (χ1) is 18.4. The molecule has 4 aliphatic heterocycles. The Hall–Kier alpha value is 0.464. The van der Waals surface area contributed by atoms with E-state index < -0.39 is 34.5 Å². The zero-order valence-corrected chi connectivity index (χ0v) is 31.1. The second kappa shape index (κ2) is 11.4. The lowest BCUT2D eigenvalue weighted by atomic mass is 10.00. The third-order valence-electron chi connectivity index (χ3n) is 9.81. The Labute approximate surface area is 255 Å². The lowest BCUT2D eigenvalue weighted by Crippen LogP contribution is -2.58. The van der Waals surface area contributed by atoms with E-state index in [-0.39, 0.29) is 58.2 Å². The predicted molar refractivity (Wildman–Crippen MR) is 168 cm³/mol. The molecule has 4 saturated heterocycles. The van der Waals surface area contributed by atoms with Crippen molar-refractivity contribution in [3.63, 3.8) is 0 Å². The van der Waals surface area contributed by atoms with Crippen LogP contribution in [0.2, 0.25) is 36.3 Å². The van der Waals surface area contributed by atoms with Crippen LogP contribution in [0.1, 0.15) is 82.6 Å². The third-order valence-corrected chi connectivity index (χ3v) is 20.0. The van der Waals surface area contributed by atoms with Crippen molar-refractivity contribution < 1.29 is 37.3 Å². The van der Waals surface area contributed by atoms with E-state index in [2.05, 4.69) is 74.7 Å². The molecule has 11 heteroatoms. The van der Waals surface area contributed by atoms with Crippen LogP contribution >= 0.6 is 11.8 Å². The van der Waals surface area contributed by atoms with E-state index >= 15 is 0 Å². The van der Waals surface area contributed by atoms with Crippen LogP contribution in [0.25, 0.3) is 0 Å². The highest BCUT2D eigenvalue weighted by Crippen LogP contribution is 2.47. The molecule has 0 amide bonds. The maximum atomic E-state index is 7.11. The molecule has 8 nitrogen and oxygen atoms in total. The molecule has 0 N–H and O–H groups in total. The molecule has 4 unspecified atom stereocenters. The summed E-state index contributed by atoms with van der Waals surface area (Å²) in [5.74, 6) is -0.752. The molecule has 0 saturated carbocycles. The van der Waals surface area contributed by atoms with Gasteiger partial charge >= 0.3 is 0 Å². The average molecular weight is 635 g/mol. The van der Waals surface area contributed by atoms with Crippen molar-refractivity contribution in [1.82, 2.24) is 0 Å². The van der Waals surface area contributed by atoms with Crippen LogP contribution < -0.4 is 0 Å². The number of thioether (sulfide) groups is 1. The molecule has 0 radical (unpaired) electrons. The Morgan fingerprint density at radius 1 is 0.732 bits per heavy atom. The second-order valence-electron chi connectivity index (χ2n) is 16.3. The van der Waals surface area contributed by atoms with E-state index in [0.29, 0.717) is 5.75 Å². The van der Waals surface area contributed by atoms with Gasteiger partial charge in [0.05, 0.1) is 24.4 Å². The summed E-state index contributed by atoms with van der Waals surface area (Å²) in [5.41, 5.74) is -0.0497. The molecular formula is C30H58O8SSi2. The Kier molecular flexibility index (Phi) is 9.52. The summed E-state index contributed by atoms with van der Waals surface area (Å²) in [5, 5.41) is 0.203. The first kappa shape index (κ1) is 34.3. The van der Waals surface area contributed by atoms with Gasteiger partial charge < -0.3 is 37.3 Å². The van der Waals surface area contributed by atoms with Crippen LogP contribution in [0, 0.1) is 0 Å². The molecule has 0 aliphatic carbocycles. The van der Waals surface area contributed by atoms with E-state index in [0.717, 1.165) is 6.42 Å². The highest BCUT2D eigenvalue weighted by atomic mass is 32.2. The first-order valence-electron chi connectivity index (χ1n) is 15.4. The minimum absolute atomic E-state index is 0.0342. The third kappa shape index (κ3) is 7.48. The zero-order valence-electron chi connectivity index (χ0n) is 28.3. The maximum Gasteiger partial charge on any atom is 0.192 e. The molecular weight excluding hydrogens is 577 g/mol. The van der Waals surface area contributed by atoms with Gasteiger partial charge in [0.25, 0.3) is 0 Å². The topological polar surface area (TPSA) is 73.8 Å². The first-order valence-corrected chi connectivity index (χ1v) is 22.3. The fourth-order valence-corrected chi connectivity index (χ4v) is 9.47. The highest BCUT2D eigenvalue weighted by Gasteiger charge is 2.61. The Bertz CT molecular complexity index is 930. The maximum absolute atomic E-state index is 7.11. The predicted octanol–water partition coefficient (Wildman–Crippen LogP) is 7.03. The largest absolute Gasteiger partial charge is 0.411 e. The van der Waals surface area contributed by atoms with E-state index in [4.69, 9.17) is 37.3 Å². The van der Waals surface area contributed by atoms with Gasteiger partial charge in [-0.25, -0.2) is 0 Å². The molecule has 0 aromatic heterocycles. The number of fused-ring (bicyclic) bond motifs is 3. The molecule has 4 aliphatic rings. The summed E-state index contributed by atoms with van der Waals surface area (Å²) in [6.07, 6.45) is -0.979. The molecule has 0 spiro atoms. The lowest BCUT2D eigenvalue weighted by Gasteiger charge is -2.49. The van der Waals surface area contributed by atoms with Gasteiger partial charge in [0, 0.05) is 12.2 Å². The fourth-order valence-electron chi connectivity index (χ4n) is 5.49. The van der Waals surface area contributed by atoms with Gasteiger partial charge in [0.2, 0.25) is 0 Å². The van der Waals surface area contributed by atoms with Crippen molar-refractivity contribution in [2.45, 2.75) is 185 Å². The minimum Gasteiger partial charge on any atom is -0.411 e. The average Bonchev–Trinajstić information content (AvgIpc) is 3.26. The van der Waals surface area contributed by atoms with Crippen molar-refractivity contribution in [3.05, 3.63) is 0 Å². The highest BCUT2D eigenvalue weighted by molar-refractivity contribution is 7.99. The molecule has 4 heterocycles. The van der Waals surface area contributed by atoms with Crippen LogP contribution in [0.4, 0.5) is 0 Å². The number of ether oxygens (including phenoxy) is 6. The van der Waals surface area contributed by atoms with E-state index in [1.807, 2.05) is 27.7 Å². The van der Waals surface area contributed by atoms with Crippen LogP contribution in [0.15, 0.2) is 0 Å². The Morgan fingerprint density at radius 2 is 1.24 bits per heavy atom. The normalized spacial score (nSPS) is 39.4. The van der Waals surface area contributed by atoms with Gasteiger partial charge in [-0.1, -0.05) is 41.5 Å². The van der Waals surface area contributed by atoms with Gasteiger partial charge in [0.15, 0.2) is 34.5 Å². The molecule has 0 bridgehead atoms. The van der Waals surface area contributed by atoms with Crippen molar-refractivity contribution in [1.29, 1.82) is 0 Å². The molecule has 4 fully saturated rings. The van der Waals surface area contributed by atoms with Gasteiger partial charge in [-0.3, -0.25) is 0 Å². The Morgan fingerprint density at radius 3 is 1.83 bits per heavy atom. The fraction of sp³-hybridized carbons (Fsp3) is 1.00. The summed E-state index contributed by atoms with van der Waals surface area (Å²) in [7, 11) is -4.10. The van der Waals surface area contributed by atoms with Crippen LogP contribution in [-0.2, 0) is 37.3 Å². The summed E-state index contributed by atoms with van der Waals surface area (Å²) in [6.45, 7) is 32.9. The van der Waals surface area contributed by atoms with Gasteiger partial charge in [-0.05, 0) is 70.9 Å². The van der Waals surface area contributed by atoms with Crippen molar-refractivity contribution in [3.8, 4) is 0 Å². The van der Waals surface area contributed by atoms with Crippen LogP contribution in [0.3, 0.4) is 0 Å².